The lowest BCUT2D eigenvalue weighted by Crippen LogP contribution is -2.39. The molecule has 3 rings (SSSR count). The Bertz CT molecular complexity index is 896. The van der Waals surface area contributed by atoms with Crippen LogP contribution < -0.4 is 5.32 Å². The zero-order valence-corrected chi connectivity index (χ0v) is 19.9. The number of nitrogens with zero attached hydrogens (tertiary/aromatic N) is 1. The second kappa shape index (κ2) is 13.1. The van der Waals surface area contributed by atoms with Crippen LogP contribution in [-0.4, -0.2) is 22.9 Å². The minimum Gasteiger partial charge on any atom is -0.457 e. The normalized spacial score (nSPS) is 17.7. The number of rotatable bonds is 8. The van der Waals surface area contributed by atoms with Gasteiger partial charge in [-0.15, -0.1) is 0 Å². The Morgan fingerprint density at radius 1 is 1.09 bits per heavy atom. The van der Waals surface area contributed by atoms with Gasteiger partial charge in [-0.2, -0.15) is 13.2 Å². The summed E-state index contributed by atoms with van der Waals surface area (Å²) in [5, 5.41) is 2.95. The first-order valence-corrected chi connectivity index (χ1v) is 11.8. The molecule has 0 aliphatic carbocycles. The third-order valence-corrected chi connectivity index (χ3v) is 5.62. The molecule has 2 heterocycles. The van der Waals surface area contributed by atoms with Crippen LogP contribution in [0.2, 0.25) is 0 Å². The molecule has 0 radical (unpaired) electrons. The molecule has 2 aromatic rings. The molecule has 1 aromatic heterocycles. The molecule has 0 spiro atoms. The maximum Gasteiger partial charge on any atom is 0.433 e. The largest absolute Gasteiger partial charge is 0.457 e. The van der Waals surface area contributed by atoms with Crippen molar-refractivity contribution in [3.63, 3.8) is 0 Å². The van der Waals surface area contributed by atoms with E-state index in [4.69, 9.17) is 4.74 Å². The quantitative estimate of drug-likeness (QED) is 0.470. The molecule has 0 bridgehead atoms. The highest BCUT2D eigenvalue weighted by molar-refractivity contribution is 5.87. The van der Waals surface area contributed by atoms with Crippen LogP contribution in [0.3, 0.4) is 0 Å². The van der Waals surface area contributed by atoms with E-state index < -0.39 is 29.9 Å². The van der Waals surface area contributed by atoms with E-state index in [2.05, 4.69) is 41.5 Å². The van der Waals surface area contributed by atoms with Crippen LogP contribution in [-0.2, 0) is 26.9 Å². The average Bonchev–Trinajstić information content (AvgIpc) is 3.22. The number of nitrogens with one attached hydrogen (secondary N) is 1. The average molecular weight is 479 g/mol. The van der Waals surface area contributed by atoms with Gasteiger partial charge in [-0.25, -0.2) is 0 Å². The van der Waals surface area contributed by atoms with E-state index in [-0.39, 0.29) is 23.9 Å². The fraction of sp³-hybridized carbons (Fsp3) is 0.500. The zero-order valence-electron chi connectivity index (χ0n) is 19.9. The number of alkyl halides is 3. The van der Waals surface area contributed by atoms with Gasteiger partial charge in [0.2, 0.25) is 5.91 Å². The third-order valence-electron chi connectivity index (χ3n) is 5.62. The summed E-state index contributed by atoms with van der Waals surface area (Å²) in [7, 11) is 0. The number of ether oxygens (including phenoxy) is 1. The molecule has 186 valence electrons. The predicted octanol–water partition coefficient (Wildman–Crippen LogP) is 6.04. The van der Waals surface area contributed by atoms with Gasteiger partial charge in [0.1, 0.15) is 11.8 Å². The van der Waals surface area contributed by atoms with Gasteiger partial charge in [-0.1, -0.05) is 70.0 Å². The van der Waals surface area contributed by atoms with Gasteiger partial charge >= 0.3 is 12.1 Å². The molecule has 5 nitrogen and oxygen atoms in total. The van der Waals surface area contributed by atoms with E-state index in [1.54, 1.807) is 0 Å². The molecular formula is C26H33F3N2O3. The van der Waals surface area contributed by atoms with E-state index in [0.29, 0.717) is 0 Å². The van der Waals surface area contributed by atoms with Gasteiger partial charge < -0.3 is 10.1 Å². The lowest BCUT2D eigenvalue weighted by atomic mass is 9.94. The Labute approximate surface area is 199 Å². The molecule has 1 amide bonds. The standard InChI is InChI=1S/C18H23F3N2O3.C8H10/c1-3-5-12(6-4-2)23-17(25)13-9-15(24)26-16(13)11-7-8-14(22-10-11)18(19,20)21;1-2-8-6-4-3-5-7-8/h7-8,10,12-13,16H,3-6,9H2,1-2H3,(H,23,25);3-7H,2H2,1H3/t13-,16?;/m0./s1. The summed E-state index contributed by atoms with van der Waals surface area (Å²) in [6, 6.07) is 12.5. The van der Waals surface area contributed by atoms with Crippen LogP contribution >= 0.6 is 0 Å². The molecule has 1 aromatic carbocycles. The molecule has 8 heteroatoms. The minimum atomic E-state index is -4.55. The van der Waals surface area contributed by atoms with Crippen molar-refractivity contribution >= 4 is 11.9 Å². The summed E-state index contributed by atoms with van der Waals surface area (Å²) in [4.78, 5) is 27.7. The molecule has 1 N–H and O–H groups in total. The summed E-state index contributed by atoms with van der Waals surface area (Å²) >= 11 is 0. The van der Waals surface area contributed by atoms with Crippen molar-refractivity contribution in [2.45, 2.75) is 77.6 Å². The Morgan fingerprint density at radius 3 is 2.21 bits per heavy atom. The number of esters is 1. The van der Waals surface area contributed by atoms with Gasteiger partial charge in [-0.3, -0.25) is 14.6 Å². The molecule has 1 saturated heterocycles. The Balaban J connectivity index is 0.000000430. The fourth-order valence-corrected chi connectivity index (χ4v) is 3.84. The first-order chi connectivity index (χ1) is 16.2. The summed E-state index contributed by atoms with van der Waals surface area (Å²) < 4.78 is 43.1. The Hall–Kier alpha value is -2.90. The van der Waals surface area contributed by atoms with E-state index in [9.17, 15) is 22.8 Å². The number of amides is 1. The van der Waals surface area contributed by atoms with E-state index >= 15 is 0 Å². The van der Waals surface area contributed by atoms with Crippen LogP contribution in [0.5, 0.6) is 0 Å². The highest BCUT2D eigenvalue weighted by Crippen LogP contribution is 2.36. The molecule has 2 atom stereocenters. The van der Waals surface area contributed by atoms with Crippen molar-refractivity contribution in [3.8, 4) is 0 Å². The number of benzene rings is 1. The number of halogens is 3. The van der Waals surface area contributed by atoms with Crippen molar-refractivity contribution < 1.29 is 27.5 Å². The van der Waals surface area contributed by atoms with Crippen LogP contribution in [0.25, 0.3) is 0 Å². The smallest absolute Gasteiger partial charge is 0.433 e. The van der Waals surface area contributed by atoms with Gasteiger partial charge in [0.05, 0.1) is 12.3 Å². The van der Waals surface area contributed by atoms with Crippen molar-refractivity contribution in [2.24, 2.45) is 5.92 Å². The lowest BCUT2D eigenvalue weighted by molar-refractivity contribution is -0.143. The summed E-state index contributed by atoms with van der Waals surface area (Å²) in [5.74, 6) is -1.62. The van der Waals surface area contributed by atoms with Gasteiger partial charge in [0.25, 0.3) is 0 Å². The van der Waals surface area contributed by atoms with Crippen LogP contribution in [0.15, 0.2) is 48.7 Å². The number of carbonyl (C=O) groups is 2. The minimum absolute atomic E-state index is 0.0135. The van der Waals surface area contributed by atoms with Crippen molar-refractivity contribution in [1.29, 1.82) is 0 Å². The maximum absolute atomic E-state index is 12.6. The van der Waals surface area contributed by atoms with E-state index in [1.807, 2.05) is 19.9 Å². The highest BCUT2D eigenvalue weighted by Gasteiger charge is 2.42. The second-order valence-electron chi connectivity index (χ2n) is 8.32. The molecule has 1 unspecified atom stereocenters. The zero-order chi connectivity index (χ0) is 25.1. The number of carbonyl (C=O) groups excluding carboxylic acids is 2. The van der Waals surface area contributed by atoms with Gasteiger partial charge in [0.15, 0.2) is 0 Å². The third kappa shape index (κ3) is 8.15. The molecular weight excluding hydrogens is 445 g/mol. The van der Waals surface area contributed by atoms with Crippen molar-refractivity contribution in [2.75, 3.05) is 0 Å². The van der Waals surface area contributed by atoms with E-state index in [0.717, 1.165) is 44.4 Å². The molecule has 0 saturated carbocycles. The Kier molecular flexibility index (Phi) is 10.5. The number of aromatic nitrogens is 1. The first kappa shape index (κ1) is 27.3. The number of cyclic esters (lactones) is 1. The number of pyridine rings is 1. The summed E-state index contributed by atoms with van der Waals surface area (Å²) in [5.41, 5.74) is 0.663. The molecule has 1 aliphatic rings. The molecule has 1 aliphatic heterocycles. The fourth-order valence-electron chi connectivity index (χ4n) is 3.84. The summed E-state index contributed by atoms with van der Waals surface area (Å²) in [6.07, 6.45) is 0.0807. The number of aryl methyl sites for hydroxylation is 1. The SMILES string of the molecule is CCCC(CCC)NC(=O)[C@H]1CC(=O)OC1c1ccc(C(F)(F)F)nc1.CCc1ccccc1. The highest BCUT2D eigenvalue weighted by atomic mass is 19.4. The second-order valence-corrected chi connectivity index (χ2v) is 8.32. The van der Waals surface area contributed by atoms with Gasteiger partial charge in [-0.05, 0) is 30.9 Å². The monoisotopic (exact) mass is 478 g/mol. The number of hydrogen-bond donors (Lipinski definition) is 1. The predicted molar refractivity (Wildman–Crippen MR) is 124 cm³/mol. The van der Waals surface area contributed by atoms with Crippen LogP contribution in [0.4, 0.5) is 13.2 Å². The van der Waals surface area contributed by atoms with Crippen LogP contribution in [0.1, 0.15) is 75.8 Å². The molecule has 34 heavy (non-hydrogen) atoms. The Morgan fingerprint density at radius 2 is 1.74 bits per heavy atom. The summed E-state index contributed by atoms with van der Waals surface area (Å²) in [6.45, 7) is 6.21. The van der Waals surface area contributed by atoms with Crippen LogP contribution in [0, 0.1) is 5.92 Å². The number of hydrogen-bond acceptors (Lipinski definition) is 4. The van der Waals surface area contributed by atoms with Gasteiger partial charge in [0, 0.05) is 17.8 Å². The molecule has 1 fully saturated rings. The van der Waals surface area contributed by atoms with Crippen molar-refractivity contribution in [3.05, 3.63) is 65.5 Å². The maximum atomic E-state index is 12.6. The van der Waals surface area contributed by atoms with E-state index in [1.165, 1.54) is 11.6 Å². The topological polar surface area (TPSA) is 68.3 Å². The van der Waals surface area contributed by atoms with Crippen molar-refractivity contribution in [1.82, 2.24) is 10.3 Å². The first-order valence-electron chi connectivity index (χ1n) is 11.8. The lowest BCUT2D eigenvalue weighted by Gasteiger charge is -2.22.